The Morgan fingerprint density at radius 3 is 2.65 bits per heavy atom. The summed E-state index contributed by atoms with van der Waals surface area (Å²) in [6.45, 7) is 0.171. The smallest absolute Gasteiger partial charge is 0.325 e. The average molecular weight is 334 g/mol. The fourth-order valence-corrected chi connectivity index (χ4v) is 4.19. The fourth-order valence-electron chi connectivity index (χ4n) is 2.65. The molecule has 0 bridgehead atoms. The second-order valence-electron chi connectivity index (χ2n) is 5.67. The van der Waals surface area contributed by atoms with Gasteiger partial charge in [0, 0.05) is 31.7 Å². The molecule has 7 heteroatoms. The third-order valence-electron chi connectivity index (χ3n) is 3.96. The van der Waals surface area contributed by atoms with E-state index < -0.39 is 22.0 Å². The molecule has 0 spiro atoms. The molecule has 0 aromatic heterocycles. The molecule has 1 aliphatic heterocycles. The third kappa shape index (κ3) is 2.66. The molecule has 0 amide bonds. The summed E-state index contributed by atoms with van der Waals surface area (Å²) in [5.74, 6) is -0.524. The first-order valence-corrected chi connectivity index (χ1v) is 8.60. The number of carbonyl (C=O) groups excluding carboxylic acids is 1. The number of nitrogens with zero attached hydrogens (tertiary/aromatic N) is 2. The summed E-state index contributed by atoms with van der Waals surface area (Å²) in [6.07, 6.45) is 0. The maximum Gasteiger partial charge on any atom is 0.325 e. The highest BCUT2D eigenvalue weighted by Crippen LogP contribution is 2.32. The first-order chi connectivity index (χ1) is 10.9. The first kappa shape index (κ1) is 15.8. The van der Waals surface area contributed by atoms with Crippen molar-refractivity contribution < 1.29 is 17.9 Å². The van der Waals surface area contributed by atoms with Crippen molar-refractivity contribution in [3.63, 3.8) is 0 Å². The van der Waals surface area contributed by atoms with E-state index in [0.29, 0.717) is 0 Å². The molecule has 2 aromatic carbocycles. The number of fused-ring (bicyclic) bond motifs is 1. The standard InChI is InChI=1S/C16H18N2O4S/c1-17(2)14-6-4-5-11-9-12(7-8-13(11)14)23(20,21)18-10-15(18)16(19)22-3/h4-9,15H,10H2,1-3H3. The van der Waals surface area contributed by atoms with E-state index in [1.807, 2.05) is 37.2 Å². The van der Waals surface area contributed by atoms with Gasteiger partial charge in [0.1, 0.15) is 6.04 Å². The van der Waals surface area contributed by atoms with Gasteiger partial charge in [0.25, 0.3) is 0 Å². The minimum Gasteiger partial charge on any atom is -0.468 e. The maximum atomic E-state index is 12.6. The Balaban J connectivity index is 2.00. The lowest BCUT2D eigenvalue weighted by Crippen LogP contribution is -2.20. The predicted octanol–water partition coefficient (Wildman–Crippen LogP) is 1.45. The summed E-state index contributed by atoms with van der Waals surface area (Å²) in [4.78, 5) is 13.6. The minimum absolute atomic E-state index is 0.171. The van der Waals surface area contributed by atoms with Gasteiger partial charge >= 0.3 is 5.97 Å². The van der Waals surface area contributed by atoms with Crippen LogP contribution in [0.4, 0.5) is 5.69 Å². The Morgan fingerprint density at radius 1 is 1.26 bits per heavy atom. The van der Waals surface area contributed by atoms with Gasteiger partial charge in [-0.2, -0.15) is 4.31 Å². The molecular formula is C16H18N2O4S. The molecule has 6 nitrogen and oxygen atoms in total. The summed E-state index contributed by atoms with van der Waals surface area (Å²) >= 11 is 0. The minimum atomic E-state index is -3.68. The van der Waals surface area contributed by atoms with E-state index in [-0.39, 0.29) is 11.4 Å². The largest absolute Gasteiger partial charge is 0.468 e. The number of anilines is 1. The average Bonchev–Trinajstić information content (AvgIpc) is 3.34. The Morgan fingerprint density at radius 2 is 2.00 bits per heavy atom. The Bertz CT molecular complexity index is 877. The van der Waals surface area contributed by atoms with Crippen molar-refractivity contribution in [1.29, 1.82) is 0 Å². The van der Waals surface area contributed by atoms with Gasteiger partial charge in [0.05, 0.1) is 12.0 Å². The summed E-state index contributed by atoms with van der Waals surface area (Å²) in [5.41, 5.74) is 1.02. The molecule has 0 saturated carbocycles. The van der Waals surface area contributed by atoms with Gasteiger partial charge in [0.2, 0.25) is 10.0 Å². The van der Waals surface area contributed by atoms with Crippen molar-refractivity contribution in [2.24, 2.45) is 0 Å². The van der Waals surface area contributed by atoms with Gasteiger partial charge in [-0.3, -0.25) is 4.79 Å². The van der Waals surface area contributed by atoms with Gasteiger partial charge in [-0.25, -0.2) is 8.42 Å². The van der Waals surface area contributed by atoms with Crippen LogP contribution in [0.3, 0.4) is 0 Å². The zero-order valence-electron chi connectivity index (χ0n) is 13.2. The van der Waals surface area contributed by atoms with Crippen LogP contribution in [0, 0.1) is 0 Å². The summed E-state index contributed by atoms with van der Waals surface area (Å²) in [5, 5.41) is 1.82. The number of rotatable bonds is 4. The number of benzene rings is 2. The van der Waals surface area contributed by atoms with E-state index in [2.05, 4.69) is 4.74 Å². The molecule has 0 radical (unpaired) electrons. The van der Waals surface area contributed by atoms with E-state index in [1.54, 1.807) is 18.2 Å². The van der Waals surface area contributed by atoms with Crippen LogP contribution in [0.15, 0.2) is 41.3 Å². The second-order valence-corrected chi connectivity index (χ2v) is 7.56. The Labute approximate surface area is 135 Å². The first-order valence-electron chi connectivity index (χ1n) is 7.16. The Hall–Kier alpha value is -2.12. The van der Waals surface area contributed by atoms with Gasteiger partial charge in [-0.05, 0) is 23.6 Å². The summed E-state index contributed by atoms with van der Waals surface area (Å²) in [6, 6.07) is 10.1. The van der Waals surface area contributed by atoms with E-state index in [1.165, 1.54) is 7.11 Å². The van der Waals surface area contributed by atoms with Crippen molar-refractivity contribution in [2.75, 3.05) is 32.6 Å². The molecule has 2 unspecified atom stereocenters. The van der Waals surface area contributed by atoms with Crippen LogP contribution < -0.4 is 4.90 Å². The topological polar surface area (TPSA) is 66.7 Å². The molecule has 1 fully saturated rings. The lowest BCUT2D eigenvalue weighted by molar-refractivity contribution is -0.140. The van der Waals surface area contributed by atoms with Crippen molar-refractivity contribution >= 4 is 32.5 Å². The molecular weight excluding hydrogens is 316 g/mol. The van der Waals surface area contributed by atoms with Crippen molar-refractivity contribution in [1.82, 2.24) is 4.31 Å². The molecule has 0 N–H and O–H groups in total. The molecule has 1 aliphatic rings. The van der Waals surface area contributed by atoms with Crippen molar-refractivity contribution in [3.05, 3.63) is 36.4 Å². The normalized spacial score (nSPS) is 20.3. The molecule has 2 atom stereocenters. The molecule has 0 aliphatic carbocycles. The lowest BCUT2D eigenvalue weighted by atomic mass is 10.1. The van der Waals surface area contributed by atoms with E-state index >= 15 is 0 Å². The van der Waals surface area contributed by atoms with Crippen LogP contribution in [-0.2, 0) is 19.6 Å². The highest BCUT2D eigenvalue weighted by Gasteiger charge is 2.50. The maximum absolute atomic E-state index is 12.6. The molecule has 1 heterocycles. The van der Waals surface area contributed by atoms with Crippen LogP contribution in [0.2, 0.25) is 0 Å². The number of ether oxygens (including phenoxy) is 1. The number of methoxy groups -OCH3 is 1. The van der Waals surface area contributed by atoms with Crippen LogP contribution in [0.5, 0.6) is 0 Å². The van der Waals surface area contributed by atoms with Crippen LogP contribution in [0.1, 0.15) is 0 Å². The van der Waals surface area contributed by atoms with Gasteiger partial charge < -0.3 is 9.64 Å². The van der Waals surface area contributed by atoms with E-state index in [0.717, 1.165) is 20.8 Å². The number of sulfonamides is 1. The summed E-state index contributed by atoms with van der Waals surface area (Å²) < 4.78 is 30.9. The number of hydrogen-bond donors (Lipinski definition) is 0. The number of esters is 1. The van der Waals surface area contributed by atoms with E-state index in [9.17, 15) is 13.2 Å². The predicted molar refractivity (Wildman–Crippen MR) is 88.0 cm³/mol. The van der Waals surface area contributed by atoms with Crippen LogP contribution >= 0.6 is 0 Å². The van der Waals surface area contributed by atoms with Crippen LogP contribution in [-0.4, -0.2) is 52.5 Å². The summed E-state index contributed by atoms with van der Waals surface area (Å²) in [7, 11) is 1.46. The van der Waals surface area contributed by atoms with Gasteiger partial charge in [-0.1, -0.05) is 18.2 Å². The number of hydrogen-bond acceptors (Lipinski definition) is 5. The third-order valence-corrected chi connectivity index (χ3v) is 5.83. The molecule has 3 rings (SSSR count). The molecule has 2 aromatic rings. The molecule has 122 valence electrons. The van der Waals surface area contributed by atoms with Crippen molar-refractivity contribution in [2.45, 2.75) is 10.9 Å². The lowest BCUT2D eigenvalue weighted by Gasteiger charge is -2.16. The van der Waals surface area contributed by atoms with Crippen molar-refractivity contribution in [3.8, 4) is 0 Å². The SMILES string of the molecule is COC(=O)C1CN1S(=O)(=O)c1ccc2c(N(C)C)cccc2c1. The second kappa shape index (κ2) is 5.50. The quantitative estimate of drug-likeness (QED) is 0.625. The fraction of sp³-hybridized carbons (Fsp3) is 0.312. The van der Waals surface area contributed by atoms with Gasteiger partial charge in [0.15, 0.2) is 0 Å². The number of carbonyl (C=O) groups is 1. The van der Waals surface area contributed by atoms with Crippen LogP contribution in [0.25, 0.3) is 10.8 Å². The molecule has 23 heavy (non-hydrogen) atoms. The van der Waals surface area contributed by atoms with E-state index in [4.69, 9.17) is 0 Å². The zero-order chi connectivity index (χ0) is 16.8. The molecule has 1 saturated heterocycles. The van der Waals surface area contributed by atoms with Gasteiger partial charge in [-0.15, -0.1) is 0 Å². The highest BCUT2D eigenvalue weighted by atomic mass is 32.2. The zero-order valence-corrected chi connectivity index (χ0v) is 14.0. The highest BCUT2D eigenvalue weighted by molar-refractivity contribution is 7.89. The monoisotopic (exact) mass is 334 g/mol. The Kier molecular flexibility index (Phi) is 3.77.